The van der Waals surface area contributed by atoms with Gasteiger partial charge in [0.15, 0.2) is 0 Å². The predicted octanol–water partition coefficient (Wildman–Crippen LogP) is 7.28. The van der Waals surface area contributed by atoms with Crippen molar-refractivity contribution in [1.29, 1.82) is 0 Å². The van der Waals surface area contributed by atoms with Crippen LogP contribution in [-0.2, 0) is 40.1 Å². The van der Waals surface area contributed by atoms with Gasteiger partial charge in [0.25, 0.3) is 0 Å². The average Bonchev–Trinajstić information content (AvgIpc) is 3.29. The minimum atomic E-state index is -0.801. The second-order valence-corrected chi connectivity index (χ2v) is 10.4. The molecule has 2 N–H and O–H groups in total. The normalized spacial score (nSPS) is 11.6. The third-order valence-electron chi connectivity index (χ3n) is 7.43. The molecular weight excluding hydrogens is 512 g/mol. The number of benzene rings is 4. The summed E-state index contributed by atoms with van der Waals surface area (Å²) in [6, 6.07) is 33.3. The van der Waals surface area contributed by atoms with E-state index in [2.05, 4.69) is 60.7 Å². The molecule has 0 saturated carbocycles. The molecule has 0 aliphatic heterocycles. The zero-order valence-electron chi connectivity index (χ0n) is 23.2. The molecule has 5 nitrogen and oxygen atoms in total. The summed E-state index contributed by atoms with van der Waals surface area (Å²) in [5, 5.41) is 17.6. The minimum absolute atomic E-state index is 0.133. The SMILES string of the molecule is O=CC1c2cc(CCCC(=O)O)ccc2-c2ccc(CCCC(=O)O)cc21.c1ccc(CCc2ccccc2)cc1. The lowest BCUT2D eigenvalue weighted by molar-refractivity contribution is -0.138. The number of carbonyl (C=O) groups is 3. The molecule has 0 amide bonds. The zero-order valence-corrected chi connectivity index (χ0v) is 23.2. The summed E-state index contributed by atoms with van der Waals surface area (Å²) in [4.78, 5) is 33.2. The highest BCUT2D eigenvalue weighted by Gasteiger charge is 2.28. The Bertz CT molecular complexity index is 1350. The van der Waals surface area contributed by atoms with Crippen LogP contribution < -0.4 is 0 Å². The molecule has 210 valence electrons. The fourth-order valence-electron chi connectivity index (χ4n) is 5.32. The molecule has 0 radical (unpaired) electrons. The van der Waals surface area contributed by atoms with Gasteiger partial charge in [-0.1, -0.05) is 97.1 Å². The maximum absolute atomic E-state index is 11.8. The summed E-state index contributed by atoms with van der Waals surface area (Å²) in [6.07, 6.45) is 5.95. The van der Waals surface area contributed by atoms with Gasteiger partial charge in [-0.05, 0) is 83.0 Å². The Morgan fingerprint density at radius 3 is 1.34 bits per heavy atom. The van der Waals surface area contributed by atoms with Crippen molar-refractivity contribution >= 4 is 18.2 Å². The van der Waals surface area contributed by atoms with Crippen molar-refractivity contribution in [3.63, 3.8) is 0 Å². The van der Waals surface area contributed by atoms with Crippen molar-refractivity contribution in [2.75, 3.05) is 0 Å². The van der Waals surface area contributed by atoms with Gasteiger partial charge >= 0.3 is 11.9 Å². The first kappa shape index (κ1) is 29.5. The van der Waals surface area contributed by atoms with Crippen LogP contribution in [0.25, 0.3) is 11.1 Å². The maximum atomic E-state index is 11.8. The summed E-state index contributed by atoms with van der Waals surface area (Å²) in [7, 11) is 0. The largest absolute Gasteiger partial charge is 0.481 e. The van der Waals surface area contributed by atoms with Gasteiger partial charge in [0.05, 0.1) is 5.92 Å². The Morgan fingerprint density at radius 2 is 0.976 bits per heavy atom. The topological polar surface area (TPSA) is 91.7 Å². The van der Waals surface area contributed by atoms with Gasteiger partial charge in [0.2, 0.25) is 0 Å². The zero-order chi connectivity index (χ0) is 29.0. The van der Waals surface area contributed by atoms with Crippen molar-refractivity contribution in [3.05, 3.63) is 130 Å². The Hall–Kier alpha value is -4.51. The van der Waals surface area contributed by atoms with Crippen LogP contribution in [0.3, 0.4) is 0 Å². The Labute approximate surface area is 241 Å². The molecule has 5 rings (SSSR count). The smallest absolute Gasteiger partial charge is 0.303 e. The van der Waals surface area contributed by atoms with Crippen molar-refractivity contribution < 1.29 is 24.6 Å². The van der Waals surface area contributed by atoms with Crippen molar-refractivity contribution in [3.8, 4) is 11.1 Å². The highest BCUT2D eigenvalue weighted by molar-refractivity contribution is 5.88. The van der Waals surface area contributed by atoms with E-state index in [-0.39, 0.29) is 18.8 Å². The molecule has 4 aromatic rings. The van der Waals surface area contributed by atoms with E-state index in [1.54, 1.807) is 0 Å². The number of rotatable bonds is 12. The molecule has 1 aliphatic rings. The van der Waals surface area contributed by atoms with Gasteiger partial charge in [-0.25, -0.2) is 0 Å². The standard InChI is InChI=1S/C22H22O5.C14H14/c23-13-20-18-11-14(3-1-5-21(24)25)7-9-16(18)17-10-8-15(12-19(17)20)4-2-6-22(26)27;1-3-7-13(8-4-1)11-12-14-9-5-2-6-10-14/h7-13,20H,1-6H2,(H,24,25)(H,26,27);1-10H,11-12H2. The molecule has 41 heavy (non-hydrogen) atoms. The highest BCUT2D eigenvalue weighted by atomic mass is 16.4. The molecule has 0 spiro atoms. The number of carbonyl (C=O) groups excluding carboxylic acids is 1. The first-order chi connectivity index (χ1) is 19.9. The van der Waals surface area contributed by atoms with E-state index >= 15 is 0 Å². The molecule has 4 aromatic carbocycles. The molecule has 0 unspecified atom stereocenters. The van der Waals surface area contributed by atoms with Gasteiger partial charge in [0.1, 0.15) is 6.29 Å². The fourth-order valence-corrected chi connectivity index (χ4v) is 5.32. The molecular formula is C36H36O5. The van der Waals surface area contributed by atoms with Crippen LogP contribution in [0.1, 0.15) is 65.0 Å². The summed E-state index contributed by atoms with van der Waals surface area (Å²) >= 11 is 0. The minimum Gasteiger partial charge on any atom is -0.481 e. The summed E-state index contributed by atoms with van der Waals surface area (Å²) in [6.45, 7) is 0. The average molecular weight is 549 g/mol. The van der Waals surface area contributed by atoms with Gasteiger partial charge in [-0.2, -0.15) is 0 Å². The number of aryl methyl sites for hydroxylation is 4. The van der Waals surface area contributed by atoms with Gasteiger partial charge in [0, 0.05) is 12.8 Å². The monoisotopic (exact) mass is 548 g/mol. The fraction of sp³-hybridized carbons (Fsp3) is 0.250. The molecule has 0 bridgehead atoms. The van der Waals surface area contributed by atoms with Crippen LogP contribution in [0.5, 0.6) is 0 Å². The molecule has 0 heterocycles. The van der Waals surface area contributed by atoms with Gasteiger partial charge < -0.3 is 15.0 Å². The number of fused-ring (bicyclic) bond motifs is 3. The van der Waals surface area contributed by atoms with Crippen LogP contribution in [0.15, 0.2) is 97.1 Å². The van der Waals surface area contributed by atoms with E-state index in [0.717, 1.165) is 52.5 Å². The van der Waals surface area contributed by atoms with E-state index in [4.69, 9.17) is 10.2 Å². The molecule has 0 saturated heterocycles. The molecule has 5 heteroatoms. The third kappa shape index (κ3) is 8.49. The van der Waals surface area contributed by atoms with E-state index in [1.165, 1.54) is 11.1 Å². The predicted molar refractivity (Wildman–Crippen MR) is 161 cm³/mol. The van der Waals surface area contributed by atoms with Crippen LogP contribution in [0, 0.1) is 0 Å². The molecule has 0 aromatic heterocycles. The van der Waals surface area contributed by atoms with E-state index in [9.17, 15) is 14.4 Å². The third-order valence-corrected chi connectivity index (χ3v) is 7.43. The Kier molecular flexibility index (Phi) is 10.6. The number of carboxylic acid groups (broad SMARTS) is 2. The van der Waals surface area contributed by atoms with Crippen molar-refractivity contribution in [2.24, 2.45) is 0 Å². The summed E-state index contributed by atoms with van der Waals surface area (Å²) < 4.78 is 0. The first-order valence-electron chi connectivity index (χ1n) is 14.2. The number of carboxylic acids is 2. The van der Waals surface area contributed by atoms with Crippen LogP contribution >= 0.6 is 0 Å². The number of hydrogen-bond donors (Lipinski definition) is 2. The maximum Gasteiger partial charge on any atom is 0.303 e. The van der Waals surface area contributed by atoms with Gasteiger partial charge in [-0.3, -0.25) is 9.59 Å². The van der Waals surface area contributed by atoms with Gasteiger partial charge in [-0.15, -0.1) is 0 Å². The van der Waals surface area contributed by atoms with Crippen molar-refractivity contribution in [2.45, 2.75) is 57.3 Å². The Morgan fingerprint density at radius 1 is 0.561 bits per heavy atom. The van der Waals surface area contributed by atoms with E-state index in [0.29, 0.717) is 25.7 Å². The number of hydrogen-bond acceptors (Lipinski definition) is 3. The van der Waals surface area contributed by atoms with Crippen LogP contribution in [0.4, 0.5) is 0 Å². The second-order valence-electron chi connectivity index (χ2n) is 10.4. The number of aldehydes is 1. The van der Waals surface area contributed by atoms with E-state index in [1.807, 2.05) is 36.4 Å². The lowest BCUT2D eigenvalue weighted by atomic mass is 9.94. The van der Waals surface area contributed by atoms with Crippen LogP contribution in [-0.4, -0.2) is 28.4 Å². The molecule has 0 fully saturated rings. The molecule has 0 atom stereocenters. The molecule has 1 aliphatic carbocycles. The quantitative estimate of drug-likeness (QED) is 0.182. The second kappa shape index (κ2) is 14.8. The summed E-state index contributed by atoms with van der Waals surface area (Å²) in [5.41, 5.74) is 8.92. The lowest BCUT2D eigenvalue weighted by Crippen LogP contribution is -2.00. The lowest BCUT2D eigenvalue weighted by Gasteiger charge is -2.08. The first-order valence-corrected chi connectivity index (χ1v) is 14.2. The highest BCUT2D eigenvalue weighted by Crippen LogP contribution is 2.44. The Balaban J connectivity index is 0.000000231. The summed E-state index contributed by atoms with van der Waals surface area (Å²) in [5.74, 6) is -1.93. The van der Waals surface area contributed by atoms with Crippen molar-refractivity contribution in [1.82, 2.24) is 0 Å². The number of aliphatic carboxylic acids is 2. The van der Waals surface area contributed by atoms with E-state index < -0.39 is 11.9 Å². The van der Waals surface area contributed by atoms with Crippen LogP contribution in [0.2, 0.25) is 0 Å².